The predicted octanol–water partition coefficient (Wildman–Crippen LogP) is 2.27. The van der Waals surface area contributed by atoms with Crippen LogP contribution in [0, 0.1) is 11.8 Å². The number of hydrogen-bond acceptors (Lipinski definition) is 3. The molecule has 0 saturated carbocycles. The molecule has 0 aliphatic rings. The van der Waals surface area contributed by atoms with Crippen LogP contribution in [0.1, 0.15) is 47.5 Å². The molecular weight excluding hydrogens is 218 g/mol. The Labute approximate surface area is 103 Å². The molecule has 4 nitrogen and oxygen atoms in total. The molecule has 0 aromatic rings. The van der Waals surface area contributed by atoms with Gasteiger partial charge in [0.1, 0.15) is 5.60 Å². The monoisotopic (exact) mass is 239 g/mol. The summed E-state index contributed by atoms with van der Waals surface area (Å²) in [6.45, 7) is 8.82. The van der Waals surface area contributed by atoms with Crippen molar-refractivity contribution in [2.75, 3.05) is 0 Å². The topological polar surface area (TPSA) is 55.4 Å². The Morgan fingerprint density at radius 1 is 1.35 bits per heavy atom. The maximum atomic E-state index is 11.5. The van der Waals surface area contributed by atoms with E-state index >= 15 is 0 Å². The van der Waals surface area contributed by atoms with Crippen LogP contribution in [-0.2, 0) is 9.53 Å². The van der Waals surface area contributed by atoms with E-state index in [1.807, 2.05) is 6.92 Å². The zero-order valence-electron chi connectivity index (χ0n) is 11.2. The van der Waals surface area contributed by atoms with E-state index in [1.54, 1.807) is 27.7 Å². The Bertz CT molecular complexity index is 333. The van der Waals surface area contributed by atoms with Crippen molar-refractivity contribution in [3.05, 3.63) is 0 Å². The molecule has 0 aliphatic carbocycles. The average Bonchev–Trinajstić information content (AvgIpc) is 2.15. The summed E-state index contributed by atoms with van der Waals surface area (Å²) in [5.74, 6) is 5.58. The number of carbonyl (C=O) groups excluding carboxylic acids is 2. The van der Waals surface area contributed by atoms with Gasteiger partial charge in [0, 0.05) is 6.42 Å². The third-order valence-corrected chi connectivity index (χ3v) is 1.72. The molecule has 0 saturated heterocycles. The van der Waals surface area contributed by atoms with Crippen LogP contribution in [0.2, 0.25) is 0 Å². The summed E-state index contributed by atoms with van der Waals surface area (Å²) in [6, 6.07) is 0. The van der Waals surface area contributed by atoms with Gasteiger partial charge in [-0.05, 0) is 34.1 Å². The van der Waals surface area contributed by atoms with Crippen molar-refractivity contribution in [3.8, 4) is 11.8 Å². The van der Waals surface area contributed by atoms with E-state index in [1.165, 1.54) is 0 Å². The fraction of sp³-hybridized carbons (Fsp3) is 0.692. The smallest absolute Gasteiger partial charge is 0.409 e. The zero-order valence-corrected chi connectivity index (χ0v) is 11.2. The molecule has 0 radical (unpaired) electrons. The molecule has 0 spiro atoms. The van der Waals surface area contributed by atoms with Gasteiger partial charge in [-0.3, -0.25) is 10.1 Å². The highest BCUT2D eigenvalue weighted by Crippen LogP contribution is 2.08. The second-order valence-corrected chi connectivity index (χ2v) is 5.00. The summed E-state index contributed by atoms with van der Waals surface area (Å²) in [7, 11) is 0. The molecule has 0 aromatic carbocycles. The highest BCUT2D eigenvalue weighted by molar-refractivity contribution is 5.79. The number of ether oxygens (including phenoxy) is 1. The van der Waals surface area contributed by atoms with Crippen molar-refractivity contribution in [2.45, 2.75) is 58.6 Å². The molecule has 0 heterocycles. The molecule has 4 heteroatoms. The maximum Gasteiger partial charge on any atom is 0.409 e. The van der Waals surface area contributed by atoms with Crippen molar-refractivity contribution in [3.63, 3.8) is 0 Å². The highest BCUT2D eigenvalue weighted by Gasteiger charge is 2.26. The van der Waals surface area contributed by atoms with Gasteiger partial charge >= 0.3 is 6.09 Å². The molecule has 17 heavy (non-hydrogen) atoms. The summed E-state index contributed by atoms with van der Waals surface area (Å²) in [4.78, 5) is 22.5. The van der Waals surface area contributed by atoms with Gasteiger partial charge in [0.2, 0.25) is 0 Å². The number of hydrogen-bond donors (Lipinski definition) is 1. The van der Waals surface area contributed by atoms with Crippen molar-refractivity contribution >= 4 is 12.4 Å². The van der Waals surface area contributed by atoms with Crippen molar-refractivity contribution in [2.24, 2.45) is 0 Å². The fourth-order valence-electron chi connectivity index (χ4n) is 0.977. The lowest BCUT2D eigenvalue weighted by Gasteiger charge is -2.24. The number of nitrogens with one attached hydrogen (secondary N) is 1. The second-order valence-electron chi connectivity index (χ2n) is 5.00. The first-order valence-electron chi connectivity index (χ1n) is 5.70. The van der Waals surface area contributed by atoms with E-state index in [0.717, 1.165) is 6.42 Å². The Morgan fingerprint density at radius 3 is 2.35 bits per heavy atom. The summed E-state index contributed by atoms with van der Waals surface area (Å²) in [5.41, 5.74) is -1.78. The quantitative estimate of drug-likeness (QED) is 0.607. The van der Waals surface area contributed by atoms with Crippen LogP contribution in [0.15, 0.2) is 0 Å². The minimum Gasteiger partial charge on any atom is -0.444 e. The van der Waals surface area contributed by atoms with E-state index in [-0.39, 0.29) is 0 Å². The summed E-state index contributed by atoms with van der Waals surface area (Å²) >= 11 is 0. The lowest BCUT2D eigenvalue weighted by atomic mass is 10.1. The lowest BCUT2D eigenvalue weighted by molar-refractivity contribution is -0.111. The molecule has 96 valence electrons. The molecule has 0 aromatic heterocycles. The minimum atomic E-state index is -1.18. The molecule has 0 aliphatic heterocycles. The van der Waals surface area contributed by atoms with Gasteiger partial charge in [-0.2, -0.15) is 0 Å². The van der Waals surface area contributed by atoms with E-state index < -0.39 is 17.2 Å². The fourth-order valence-corrected chi connectivity index (χ4v) is 0.977. The van der Waals surface area contributed by atoms with Gasteiger partial charge in [0.15, 0.2) is 11.8 Å². The van der Waals surface area contributed by atoms with Gasteiger partial charge in [-0.25, -0.2) is 4.79 Å². The maximum absolute atomic E-state index is 11.5. The largest absolute Gasteiger partial charge is 0.444 e. The van der Waals surface area contributed by atoms with Gasteiger partial charge in [-0.15, -0.1) is 5.92 Å². The predicted molar refractivity (Wildman–Crippen MR) is 66.5 cm³/mol. The number of aldehydes is 1. The first kappa shape index (κ1) is 15.5. The molecule has 1 amide bonds. The van der Waals surface area contributed by atoms with Crippen LogP contribution in [0.5, 0.6) is 0 Å². The van der Waals surface area contributed by atoms with Crippen molar-refractivity contribution in [1.29, 1.82) is 0 Å². The molecule has 1 N–H and O–H groups in total. The van der Waals surface area contributed by atoms with Crippen LogP contribution in [0.4, 0.5) is 4.79 Å². The zero-order chi connectivity index (χ0) is 13.5. The lowest BCUT2D eigenvalue weighted by Crippen LogP contribution is -2.48. The summed E-state index contributed by atoms with van der Waals surface area (Å²) < 4.78 is 5.06. The van der Waals surface area contributed by atoms with Gasteiger partial charge in [0.05, 0.1) is 0 Å². The second kappa shape index (κ2) is 6.29. The Balaban J connectivity index is 4.55. The SMILES string of the molecule is CCCC#C[C@](C)(C=O)NC(=O)OC(C)(C)C. The molecule has 0 unspecified atom stereocenters. The van der Waals surface area contributed by atoms with Crippen LogP contribution in [0.25, 0.3) is 0 Å². The molecule has 0 fully saturated rings. The number of carbonyl (C=O) groups is 2. The Morgan fingerprint density at radius 2 is 1.94 bits per heavy atom. The molecule has 0 rings (SSSR count). The number of alkyl carbamates (subject to hydrolysis) is 1. The van der Waals surface area contributed by atoms with Crippen LogP contribution < -0.4 is 5.32 Å². The number of amides is 1. The minimum absolute atomic E-state index is 0.593. The van der Waals surface area contributed by atoms with E-state index in [4.69, 9.17) is 4.74 Å². The highest BCUT2D eigenvalue weighted by atomic mass is 16.6. The Kier molecular flexibility index (Phi) is 5.73. The van der Waals surface area contributed by atoms with Gasteiger partial charge in [0.25, 0.3) is 0 Å². The first-order chi connectivity index (χ1) is 7.72. The van der Waals surface area contributed by atoms with Crippen molar-refractivity contribution in [1.82, 2.24) is 5.32 Å². The molecule has 1 atom stereocenters. The summed E-state index contributed by atoms with van der Waals surface area (Å²) in [6.07, 6.45) is 1.57. The van der Waals surface area contributed by atoms with E-state index in [9.17, 15) is 9.59 Å². The van der Waals surface area contributed by atoms with Gasteiger partial charge < -0.3 is 4.74 Å². The molecule has 0 bridgehead atoms. The first-order valence-corrected chi connectivity index (χ1v) is 5.70. The summed E-state index contributed by atoms with van der Waals surface area (Å²) in [5, 5.41) is 2.46. The third kappa shape index (κ3) is 7.40. The third-order valence-electron chi connectivity index (χ3n) is 1.72. The van der Waals surface area contributed by atoms with E-state index in [0.29, 0.717) is 12.7 Å². The normalized spacial score (nSPS) is 13.9. The van der Waals surface area contributed by atoms with Gasteiger partial charge in [-0.1, -0.05) is 12.8 Å². The number of rotatable bonds is 3. The van der Waals surface area contributed by atoms with E-state index in [2.05, 4.69) is 17.2 Å². The average molecular weight is 239 g/mol. The Hall–Kier alpha value is -1.50. The molecular formula is C13H21NO3. The van der Waals surface area contributed by atoms with Crippen LogP contribution in [-0.4, -0.2) is 23.5 Å². The van der Waals surface area contributed by atoms with Crippen LogP contribution >= 0.6 is 0 Å². The van der Waals surface area contributed by atoms with Crippen LogP contribution in [0.3, 0.4) is 0 Å². The standard InChI is InChI=1S/C13H21NO3/c1-6-7-8-9-13(5,10-15)14-11(16)17-12(2,3)4/h10H,6-7H2,1-5H3,(H,14,16)/t13-/m1/s1. The number of unbranched alkanes of at least 4 members (excludes halogenated alkanes) is 1. The van der Waals surface area contributed by atoms with Crippen molar-refractivity contribution < 1.29 is 14.3 Å².